The third kappa shape index (κ3) is 13.0. The third-order valence-corrected chi connectivity index (χ3v) is 1.61. The van der Waals surface area contributed by atoms with Crippen LogP contribution in [0.4, 0.5) is 0 Å². The van der Waals surface area contributed by atoms with Gasteiger partial charge in [0.05, 0.1) is 0 Å². The molecule has 3 N–H and O–H groups in total. The Morgan fingerprint density at radius 2 is 1.42 bits per heavy atom. The van der Waals surface area contributed by atoms with Crippen LogP contribution in [0.2, 0.25) is 0 Å². The van der Waals surface area contributed by atoms with Gasteiger partial charge in [-0.25, -0.2) is 4.57 Å². The fraction of sp³-hybridized carbons (Fsp3) is 0. The number of benzene rings is 1. The average molecular weight is 198 g/mol. The normalized spacial score (nSPS) is 10.1. The van der Waals surface area contributed by atoms with Gasteiger partial charge in [-0.2, -0.15) is 0 Å². The van der Waals surface area contributed by atoms with Gasteiger partial charge in [-0.05, 0) is 0 Å². The molecule has 1 aromatic carbocycles. The van der Waals surface area contributed by atoms with E-state index >= 15 is 0 Å². The summed E-state index contributed by atoms with van der Waals surface area (Å²) in [6.45, 7) is 0. The van der Waals surface area contributed by atoms with Crippen LogP contribution in [0.1, 0.15) is 0 Å². The quantitative estimate of drug-likeness (QED) is 0.389. The summed E-state index contributed by atoms with van der Waals surface area (Å²) in [6.07, 6.45) is 0. The first kappa shape index (κ1) is 12.3. The fourth-order valence-electron chi connectivity index (χ4n) is 0.534. The molecule has 6 heteroatoms. The van der Waals surface area contributed by atoms with Crippen molar-refractivity contribution in [1.29, 1.82) is 0 Å². The van der Waals surface area contributed by atoms with E-state index in [1.54, 1.807) is 0 Å². The van der Waals surface area contributed by atoms with Crippen molar-refractivity contribution in [2.45, 2.75) is 0 Å². The van der Waals surface area contributed by atoms with E-state index in [0.29, 0.717) is 0 Å². The molecule has 0 fully saturated rings. The van der Waals surface area contributed by atoms with Crippen LogP contribution in [-0.4, -0.2) is 42.6 Å². The summed E-state index contributed by atoms with van der Waals surface area (Å²) >= 11 is 1.17. The SMILES string of the molecule is O=P(O)(O)O.[Na][c]1ccccc1. The van der Waals surface area contributed by atoms with Gasteiger partial charge in [-0.1, -0.05) is 0 Å². The van der Waals surface area contributed by atoms with Crippen molar-refractivity contribution in [3.05, 3.63) is 30.3 Å². The Balaban J connectivity index is 0.000000217. The van der Waals surface area contributed by atoms with Gasteiger partial charge < -0.3 is 14.7 Å². The molecule has 1 rings (SSSR count). The van der Waals surface area contributed by atoms with Crippen LogP contribution >= 0.6 is 7.82 Å². The molecule has 0 spiro atoms. The minimum atomic E-state index is -4.64. The van der Waals surface area contributed by atoms with Crippen LogP contribution in [0.3, 0.4) is 0 Å². The molecule has 62 valence electrons. The molecule has 0 unspecified atom stereocenters. The van der Waals surface area contributed by atoms with Crippen molar-refractivity contribution in [2.75, 3.05) is 0 Å². The number of hydrogen-bond donors (Lipinski definition) is 3. The first-order chi connectivity index (χ1) is 5.39. The summed E-state index contributed by atoms with van der Waals surface area (Å²) in [5, 5.41) is 0. The van der Waals surface area contributed by atoms with Gasteiger partial charge in [0, 0.05) is 0 Å². The molecule has 0 aromatic heterocycles. The van der Waals surface area contributed by atoms with Crippen molar-refractivity contribution in [1.82, 2.24) is 0 Å². The molecule has 0 aliphatic carbocycles. The van der Waals surface area contributed by atoms with Crippen LogP contribution in [-0.2, 0) is 4.57 Å². The molecule has 0 aliphatic rings. The number of hydrogen-bond acceptors (Lipinski definition) is 1. The van der Waals surface area contributed by atoms with E-state index in [-0.39, 0.29) is 0 Å². The Labute approximate surface area is 87.9 Å². The summed E-state index contributed by atoms with van der Waals surface area (Å²) in [4.78, 5) is 21.6. The molecular weight excluding hydrogens is 190 g/mol. The van der Waals surface area contributed by atoms with Crippen LogP contribution in [0.15, 0.2) is 30.3 Å². The first-order valence-corrected chi connectivity index (χ1v) is 5.76. The van der Waals surface area contributed by atoms with E-state index in [4.69, 9.17) is 19.2 Å². The van der Waals surface area contributed by atoms with E-state index in [2.05, 4.69) is 24.3 Å². The van der Waals surface area contributed by atoms with Gasteiger partial charge in [0.25, 0.3) is 0 Å². The molecule has 0 atom stereocenters. The van der Waals surface area contributed by atoms with E-state index in [0.717, 1.165) is 0 Å². The van der Waals surface area contributed by atoms with Crippen LogP contribution in [0.5, 0.6) is 0 Å². The van der Waals surface area contributed by atoms with Gasteiger partial charge in [0.2, 0.25) is 0 Å². The molecule has 12 heavy (non-hydrogen) atoms. The Hall–Kier alpha value is 0.330. The van der Waals surface area contributed by atoms with Gasteiger partial charge in [0.15, 0.2) is 0 Å². The van der Waals surface area contributed by atoms with Gasteiger partial charge in [-0.3, -0.25) is 0 Å². The van der Waals surface area contributed by atoms with Crippen LogP contribution in [0.25, 0.3) is 0 Å². The molecule has 0 heterocycles. The Kier molecular flexibility index (Phi) is 6.05. The summed E-state index contributed by atoms with van der Waals surface area (Å²) in [5.41, 5.74) is 0. The van der Waals surface area contributed by atoms with Crippen molar-refractivity contribution in [3.8, 4) is 0 Å². The fourth-order valence-corrected chi connectivity index (χ4v) is 0.919. The van der Waals surface area contributed by atoms with E-state index < -0.39 is 7.82 Å². The maximum atomic E-state index is 8.88. The second kappa shape index (κ2) is 5.89. The van der Waals surface area contributed by atoms with E-state index in [1.165, 1.54) is 30.7 Å². The Morgan fingerprint density at radius 3 is 1.58 bits per heavy atom. The number of rotatable bonds is 0. The summed E-state index contributed by atoms with van der Waals surface area (Å²) in [6, 6.07) is 10.5. The third-order valence-electron chi connectivity index (χ3n) is 0.940. The second-order valence-corrected chi connectivity index (χ2v) is 4.35. The van der Waals surface area contributed by atoms with Gasteiger partial charge in [-0.15, -0.1) is 0 Å². The standard InChI is InChI=1S/C6H5.Na.H3O4P/c1-2-4-6-5-3-1;;1-5(2,3)4/h1-5H;;(H3,1,2,3,4). The van der Waals surface area contributed by atoms with Crippen LogP contribution in [0, 0.1) is 0 Å². The van der Waals surface area contributed by atoms with Gasteiger partial charge >= 0.3 is 68.9 Å². The molecule has 1 aromatic rings. The van der Waals surface area contributed by atoms with Crippen LogP contribution < -0.4 is 2.81 Å². The first-order valence-electron chi connectivity index (χ1n) is 3.19. The van der Waals surface area contributed by atoms with Gasteiger partial charge in [0.1, 0.15) is 0 Å². The molecular formula is C6H8NaO4P. The number of phosphoric acid groups is 1. The molecule has 4 nitrogen and oxygen atoms in total. The topological polar surface area (TPSA) is 77.8 Å². The van der Waals surface area contributed by atoms with Crippen molar-refractivity contribution >= 4 is 38.6 Å². The molecule has 0 bridgehead atoms. The summed E-state index contributed by atoms with van der Waals surface area (Å²) in [5.74, 6) is 0. The monoisotopic (exact) mass is 198 g/mol. The van der Waals surface area contributed by atoms with E-state index in [1.807, 2.05) is 6.07 Å². The molecule has 0 saturated heterocycles. The molecule has 0 amide bonds. The molecule has 0 saturated carbocycles. The zero-order valence-electron chi connectivity index (χ0n) is 6.58. The zero-order valence-corrected chi connectivity index (χ0v) is 9.48. The predicted octanol–water partition coefficient (Wildman–Crippen LogP) is -0.448. The molecule has 0 aliphatic heterocycles. The predicted molar refractivity (Wildman–Crippen MR) is 46.1 cm³/mol. The van der Waals surface area contributed by atoms with Crippen molar-refractivity contribution in [2.24, 2.45) is 0 Å². The van der Waals surface area contributed by atoms with Crippen molar-refractivity contribution in [3.63, 3.8) is 0 Å². The Morgan fingerprint density at radius 1 is 1.08 bits per heavy atom. The minimum absolute atomic E-state index is 1.17. The van der Waals surface area contributed by atoms with Crippen molar-refractivity contribution < 1.29 is 19.2 Å². The molecule has 0 radical (unpaired) electrons. The summed E-state index contributed by atoms with van der Waals surface area (Å²) in [7, 11) is -4.64. The Bertz CT molecular complexity index is 249. The zero-order chi connectivity index (χ0) is 9.61. The maximum absolute atomic E-state index is 8.88. The van der Waals surface area contributed by atoms with E-state index in [9.17, 15) is 0 Å². The second-order valence-electron chi connectivity index (χ2n) is 2.17. The summed E-state index contributed by atoms with van der Waals surface area (Å²) < 4.78 is 10.3. The average Bonchev–Trinajstić information content (AvgIpc) is 1.85.